The monoisotopic (exact) mass is 129 g/mol. The molecule has 0 radical (unpaired) electrons. The maximum absolute atomic E-state index is 10.3. The first kappa shape index (κ1) is 7.74. The Balaban J connectivity index is 3.27. The Labute approximate surface area is 51.6 Å². The minimum atomic E-state index is -0.331. The van der Waals surface area contributed by atoms with E-state index in [0.29, 0.717) is 0 Å². The normalized spacial score (nSPS) is 7.67. The number of carbonyl (C=O) groups excluding carboxylic acids is 1. The van der Waals surface area contributed by atoms with Gasteiger partial charge in [0.25, 0.3) is 0 Å². The molecule has 0 unspecified atom stereocenters. The lowest BCUT2D eigenvalue weighted by atomic mass is 10.4. The molecule has 0 rings (SSSR count). The van der Waals surface area contributed by atoms with Crippen LogP contribution in [0.4, 0.5) is 0 Å². The maximum Gasteiger partial charge on any atom is 0.234 e. The summed E-state index contributed by atoms with van der Waals surface area (Å²) in [6.07, 6.45) is 0.139. The van der Waals surface area contributed by atoms with E-state index in [9.17, 15) is 4.79 Å². The summed E-state index contributed by atoms with van der Waals surface area (Å²) < 4.78 is 0. The first-order valence-electron chi connectivity index (χ1n) is 2.31. The molecule has 6 nitrogen and oxygen atoms in total. The fourth-order valence-corrected chi connectivity index (χ4v) is 0.268. The molecule has 0 saturated carbocycles. The van der Waals surface area contributed by atoms with Gasteiger partial charge < -0.3 is 0 Å². The van der Waals surface area contributed by atoms with Crippen molar-refractivity contribution in [3.05, 3.63) is 10.4 Å². The second kappa shape index (κ2) is 4.89. The lowest BCUT2D eigenvalue weighted by Crippen LogP contribution is -2.30. The van der Waals surface area contributed by atoms with Crippen LogP contribution in [0.25, 0.3) is 10.4 Å². The lowest BCUT2D eigenvalue weighted by Gasteiger charge is -1.91. The third kappa shape index (κ3) is 4.60. The summed E-state index contributed by atoms with van der Waals surface area (Å²) in [6, 6.07) is 0. The van der Waals surface area contributed by atoms with Crippen molar-refractivity contribution in [2.45, 2.75) is 6.42 Å². The van der Waals surface area contributed by atoms with E-state index in [2.05, 4.69) is 10.0 Å². The molecule has 0 heterocycles. The van der Waals surface area contributed by atoms with Crippen LogP contribution in [0.3, 0.4) is 0 Å². The van der Waals surface area contributed by atoms with Crippen LogP contribution in [0.1, 0.15) is 6.42 Å². The largest absolute Gasteiger partial charge is 0.294 e. The topological polar surface area (TPSA) is 104 Å². The Morgan fingerprint density at radius 2 is 2.56 bits per heavy atom. The molecule has 0 spiro atoms. The van der Waals surface area contributed by atoms with Gasteiger partial charge in [-0.05, 0) is 5.53 Å². The van der Waals surface area contributed by atoms with Gasteiger partial charge >= 0.3 is 0 Å². The SMILES string of the molecule is [N-]=[N+]=NCCC(=O)NN. The van der Waals surface area contributed by atoms with Crippen LogP contribution in [-0.2, 0) is 4.79 Å². The van der Waals surface area contributed by atoms with Crippen molar-refractivity contribution in [1.82, 2.24) is 5.43 Å². The van der Waals surface area contributed by atoms with Crippen molar-refractivity contribution in [3.8, 4) is 0 Å². The first-order chi connectivity index (χ1) is 4.31. The second-order valence-electron chi connectivity index (χ2n) is 1.27. The number of amides is 1. The van der Waals surface area contributed by atoms with Gasteiger partial charge in [0.1, 0.15) is 0 Å². The Kier molecular flexibility index (Phi) is 4.20. The summed E-state index contributed by atoms with van der Waals surface area (Å²) in [5, 5.41) is 3.12. The molecule has 0 aromatic heterocycles. The van der Waals surface area contributed by atoms with Crippen molar-refractivity contribution in [1.29, 1.82) is 0 Å². The standard InChI is InChI=1S/C3H7N5O/c4-7-3(9)1-2-6-8-5/h1-2,4H2,(H,7,9). The number of hydrogen-bond donors (Lipinski definition) is 2. The van der Waals surface area contributed by atoms with Crippen molar-refractivity contribution >= 4 is 5.91 Å². The van der Waals surface area contributed by atoms with Crippen LogP contribution in [-0.4, -0.2) is 12.5 Å². The quantitative estimate of drug-likeness (QED) is 0.136. The van der Waals surface area contributed by atoms with Crippen LogP contribution >= 0.6 is 0 Å². The fourth-order valence-electron chi connectivity index (χ4n) is 0.268. The summed E-state index contributed by atoms with van der Waals surface area (Å²) in [4.78, 5) is 12.7. The van der Waals surface area contributed by atoms with Gasteiger partial charge in [0, 0.05) is 17.9 Å². The summed E-state index contributed by atoms with van der Waals surface area (Å²) in [5.74, 6) is 4.39. The van der Waals surface area contributed by atoms with Crippen LogP contribution < -0.4 is 11.3 Å². The second-order valence-corrected chi connectivity index (χ2v) is 1.27. The third-order valence-electron chi connectivity index (χ3n) is 0.663. The first-order valence-corrected chi connectivity index (χ1v) is 2.31. The molecule has 0 bridgehead atoms. The number of nitrogens with zero attached hydrogens (tertiary/aromatic N) is 3. The van der Waals surface area contributed by atoms with Gasteiger partial charge in [-0.15, -0.1) is 0 Å². The van der Waals surface area contributed by atoms with Crippen molar-refractivity contribution in [3.63, 3.8) is 0 Å². The van der Waals surface area contributed by atoms with Gasteiger partial charge in [-0.3, -0.25) is 10.2 Å². The van der Waals surface area contributed by atoms with E-state index in [1.54, 1.807) is 0 Å². The maximum atomic E-state index is 10.3. The van der Waals surface area contributed by atoms with E-state index in [1.165, 1.54) is 0 Å². The summed E-state index contributed by atoms with van der Waals surface area (Å²) in [5.41, 5.74) is 9.65. The molecule has 50 valence electrons. The number of hydrogen-bond acceptors (Lipinski definition) is 3. The number of nitrogens with one attached hydrogen (secondary N) is 1. The molecule has 9 heavy (non-hydrogen) atoms. The smallest absolute Gasteiger partial charge is 0.234 e. The van der Waals surface area contributed by atoms with Crippen molar-refractivity contribution < 1.29 is 4.79 Å². The van der Waals surface area contributed by atoms with Gasteiger partial charge in [-0.2, -0.15) is 0 Å². The molecule has 0 aromatic rings. The molecule has 0 aliphatic rings. The molecular weight excluding hydrogens is 122 g/mol. The highest BCUT2D eigenvalue weighted by Crippen LogP contribution is 1.79. The molecule has 0 fully saturated rings. The summed E-state index contributed by atoms with van der Waals surface area (Å²) in [6.45, 7) is 0.152. The molecule has 0 aliphatic heterocycles. The molecule has 0 atom stereocenters. The lowest BCUT2D eigenvalue weighted by molar-refractivity contribution is -0.120. The van der Waals surface area contributed by atoms with E-state index < -0.39 is 0 Å². The zero-order chi connectivity index (χ0) is 7.11. The predicted molar refractivity (Wildman–Crippen MR) is 31.0 cm³/mol. The van der Waals surface area contributed by atoms with Crippen LogP contribution in [0.15, 0.2) is 5.11 Å². The Hall–Kier alpha value is -1.26. The number of carbonyl (C=O) groups is 1. The van der Waals surface area contributed by atoms with E-state index in [1.807, 2.05) is 5.43 Å². The van der Waals surface area contributed by atoms with Crippen LogP contribution in [0, 0.1) is 0 Å². The number of hydrazine groups is 1. The summed E-state index contributed by atoms with van der Waals surface area (Å²) >= 11 is 0. The molecule has 0 saturated heterocycles. The highest BCUT2D eigenvalue weighted by molar-refractivity contribution is 5.75. The van der Waals surface area contributed by atoms with Gasteiger partial charge in [0.2, 0.25) is 5.91 Å². The average Bonchev–Trinajstić information content (AvgIpc) is 1.89. The molecule has 6 heteroatoms. The minimum absolute atomic E-state index is 0.139. The minimum Gasteiger partial charge on any atom is -0.294 e. The average molecular weight is 129 g/mol. The van der Waals surface area contributed by atoms with Crippen molar-refractivity contribution in [2.24, 2.45) is 11.0 Å². The van der Waals surface area contributed by atoms with E-state index in [4.69, 9.17) is 11.4 Å². The third-order valence-corrected chi connectivity index (χ3v) is 0.663. The van der Waals surface area contributed by atoms with Gasteiger partial charge in [0.05, 0.1) is 0 Å². The van der Waals surface area contributed by atoms with Crippen molar-refractivity contribution in [2.75, 3.05) is 6.54 Å². The molecule has 1 amide bonds. The zero-order valence-corrected chi connectivity index (χ0v) is 4.74. The van der Waals surface area contributed by atoms with Crippen LogP contribution in [0.2, 0.25) is 0 Å². The van der Waals surface area contributed by atoms with Gasteiger partial charge in [-0.1, -0.05) is 5.11 Å². The number of rotatable bonds is 3. The number of azide groups is 1. The van der Waals surface area contributed by atoms with E-state index >= 15 is 0 Å². The van der Waals surface area contributed by atoms with E-state index in [0.717, 1.165) is 0 Å². The van der Waals surface area contributed by atoms with E-state index in [-0.39, 0.29) is 18.9 Å². The predicted octanol–water partition coefficient (Wildman–Crippen LogP) is -0.323. The highest BCUT2D eigenvalue weighted by Gasteiger charge is 1.93. The number of nitrogens with two attached hydrogens (primary N) is 1. The van der Waals surface area contributed by atoms with Crippen LogP contribution in [0.5, 0.6) is 0 Å². The van der Waals surface area contributed by atoms with Gasteiger partial charge in [-0.25, -0.2) is 5.84 Å². The van der Waals surface area contributed by atoms with Gasteiger partial charge in [0.15, 0.2) is 0 Å². The fraction of sp³-hybridized carbons (Fsp3) is 0.667. The zero-order valence-electron chi connectivity index (χ0n) is 4.74. The highest BCUT2D eigenvalue weighted by atomic mass is 16.2. The summed E-state index contributed by atoms with van der Waals surface area (Å²) in [7, 11) is 0. The Bertz CT molecular complexity index is 137. The Morgan fingerprint density at radius 3 is 3.00 bits per heavy atom. The molecule has 0 aliphatic carbocycles. The molecule has 0 aromatic carbocycles. The molecular formula is C3H7N5O. The Morgan fingerprint density at radius 1 is 1.89 bits per heavy atom. The molecule has 3 N–H and O–H groups in total.